The molecule has 4 heteroatoms. The van der Waals surface area contributed by atoms with Gasteiger partial charge in [-0.25, -0.2) is 0 Å². The Kier molecular flexibility index (Phi) is 6.26. The topological polar surface area (TPSA) is 80.9 Å². The van der Waals surface area contributed by atoms with Crippen molar-refractivity contribution < 1.29 is 20.4 Å². The predicted molar refractivity (Wildman–Crippen MR) is 126 cm³/mol. The minimum Gasteiger partial charge on any atom is -0.384 e. The van der Waals surface area contributed by atoms with Crippen LogP contribution in [-0.4, -0.2) is 46.9 Å². The molecule has 0 spiro atoms. The molecule has 0 fully saturated rings. The highest BCUT2D eigenvalue weighted by Crippen LogP contribution is 2.40. The number of hydrogen-bond donors (Lipinski definition) is 4. The summed E-state index contributed by atoms with van der Waals surface area (Å²) in [5, 5.41) is 42.3. The van der Waals surface area contributed by atoms with Crippen LogP contribution in [0, 0.1) is 47.4 Å². The van der Waals surface area contributed by atoms with Gasteiger partial charge >= 0.3 is 0 Å². The molecular weight excluding hydrogens is 400 g/mol. The molecule has 0 saturated carbocycles. The lowest BCUT2D eigenvalue weighted by atomic mass is 9.86. The van der Waals surface area contributed by atoms with Gasteiger partial charge in [-0.1, -0.05) is 71.6 Å². The number of rotatable bonds is 0. The van der Waals surface area contributed by atoms with E-state index in [0.717, 1.165) is 54.6 Å². The number of benzene rings is 4. The van der Waals surface area contributed by atoms with Crippen LogP contribution in [0.5, 0.6) is 0 Å². The molecule has 0 aromatic heterocycles. The van der Waals surface area contributed by atoms with Crippen molar-refractivity contribution in [1.29, 1.82) is 0 Å². The molecule has 0 aliphatic rings. The maximum absolute atomic E-state index is 9.21. The SMILES string of the molecule is OCC#Cc1cc(C#CCO)c2ccc3c(C#CCO)cc(C#CCO)c4ccc1c2c43. The van der Waals surface area contributed by atoms with Crippen LogP contribution in [0.15, 0.2) is 36.4 Å². The fraction of sp³-hybridized carbons (Fsp3) is 0.143. The van der Waals surface area contributed by atoms with Crippen LogP contribution >= 0.6 is 0 Å². The molecule has 4 aromatic carbocycles. The lowest BCUT2D eigenvalue weighted by molar-refractivity contribution is 0.350. The summed E-state index contributed by atoms with van der Waals surface area (Å²) >= 11 is 0. The van der Waals surface area contributed by atoms with E-state index < -0.39 is 0 Å². The van der Waals surface area contributed by atoms with Gasteiger partial charge in [0.05, 0.1) is 0 Å². The molecule has 0 aliphatic carbocycles. The maximum Gasteiger partial charge on any atom is 0.104 e. The molecule has 0 heterocycles. The molecule has 0 amide bonds. The van der Waals surface area contributed by atoms with E-state index in [4.69, 9.17) is 0 Å². The van der Waals surface area contributed by atoms with Crippen LogP contribution in [0.3, 0.4) is 0 Å². The molecule has 0 unspecified atom stereocenters. The fourth-order valence-corrected chi connectivity index (χ4v) is 3.95. The van der Waals surface area contributed by atoms with Crippen LogP contribution in [0.1, 0.15) is 22.3 Å². The van der Waals surface area contributed by atoms with Gasteiger partial charge in [0.25, 0.3) is 0 Å². The summed E-state index contributed by atoms with van der Waals surface area (Å²) in [6.45, 7) is -1.05. The highest BCUT2D eigenvalue weighted by Gasteiger charge is 2.16. The first-order valence-corrected chi connectivity index (χ1v) is 9.91. The molecule has 4 N–H and O–H groups in total. The Bertz CT molecular complexity index is 1350. The summed E-state index contributed by atoms with van der Waals surface area (Å²) in [5.41, 5.74) is 2.88. The van der Waals surface area contributed by atoms with Crippen molar-refractivity contribution in [3.8, 4) is 47.4 Å². The normalized spacial score (nSPS) is 10.0. The van der Waals surface area contributed by atoms with E-state index in [1.54, 1.807) is 0 Å². The summed E-state index contributed by atoms with van der Waals surface area (Å²) in [6, 6.07) is 11.6. The van der Waals surface area contributed by atoms with Crippen LogP contribution in [0.4, 0.5) is 0 Å². The summed E-state index contributed by atoms with van der Waals surface area (Å²) in [5.74, 6) is 22.9. The Morgan fingerprint density at radius 3 is 0.906 bits per heavy atom. The summed E-state index contributed by atoms with van der Waals surface area (Å²) in [4.78, 5) is 0. The Morgan fingerprint density at radius 1 is 0.438 bits per heavy atom. The van der Waals surface area contributed by atoms with Gasteiger partial charge in [0, 0.05) is 22.3 Å². The summed E-state index contributed by atoms with van der Waals surface area (Å²) in [7, 11) is 0. The quantitative estimate of drug-likeness (QED) is 0.260. The Balaban J connectivity index is 2.26. The van der Waals surface area contributed by atoms with E-state index in [0.29, 0.717) is 0 Å². The third-order valence-electron chi connectivity index (χ3n) is 5.11. The monoisotopic (exact) mass is 418 g/mol. The van der Waals surface area contributed by atoms with Crippen LogP contribution in [-0.2, 0) is 0 Å². The average Bonchev–Trinajstić information content (AvgIpc) is 2.83. The van der Waals surface area contributed by atoms with Gasteiger partial charge in [0.15, 0.2) is 0 Å². The van der Waals surface area contributed by atoms with Crippen molar-refractivity contribution in [2.24, 2.45) is 0 Å². The zero-order chi connectivity index (χ0) is 22.5. The van der Waals surface area contributed by atoms with Crippen molar-refractivity contribution in [2.75, 3.05) is 26.4 Å². The minimum absolute atomic E-state index is 0.262. The van der Waals surface area contributed by atoms with Gasteiger partial charge < -0.3 is 20.4 Å². The third-order valence-corrected chi connectivity index (χ3v) is 5.11. The average molecular weight is 418 g/mol. The largest absolute Gasteiger partial charge is 0.384 e. The summed E-state index contributed by atoms with van der Waals surface area (Å²) < 4.78 is 0. The third kappa shape index (κ3) is 3.73. The fourth-order valence-electron chi connectivity index (χ4n) is 3.95. The molecular formula is C28H18O4. The second-order valence-corrected chi connectivity index (χ2v) is 6.85. The standard InChI is InChI=1S/C28H18O4/c29-13-1-5-19-17-20(6-2-14-30)24-11-12-26-22(8-4-16-32)18-21(7-3-15-31)25-10-9-23(19)27(24)28(25)26/h9-12,17-18,29-32H,13-16H2. The zero-order valence-corrected chi connectivity index (χ0v) is 17.1. The van der Waals surface area contributed by atoms with Crippen LogP contribution in [0.25, 0.3) is 32.3 Å². The van der Waals surface area contributed by atoms with Gasteiger partial charge in [-0.05, 0) is 44.5 Å². The molecule has 32 heavy (non-hydrogen) atoms. The van der Waals surface area contributed by atoms with Crippen LogP contribution < -0.4 is 0 Å². The van der Waals surface area contributed by atoms with Crippen molar-refractivity contribution in [1.82, 2.24) is 0 Å². The molecule has 154 valence electrons. The van der Waals surface area contributed by atoms with Crippen LogP contribution in [0.2, 0.25) is 0 Å². The predicted octanol–water partition coefficient (Wildman–Crippen LogP) is 1.96. The molecule has 0 radical (unpaired) electrons. The first kappa shape index (κ1) is 21.2. The first-order valence-electron chi connectivity index (χ1n) is 9.91. The molecule has 0 bridgehead atoms. The molecule has 4 rings (SSSR count). The zero-order valence-electron chi connectivity index (χ0n) is 17.1. The van der Waals surface area contributed by atoms with Crippen molar-refractivity contribution in [3.63, 3.8) is 0 Å². The van der Waals surface area contributed by atoms with E-state index in [1.807, 2.05) is 36.4 Å². The number of aliphatic hydroxyl groups excluding tert-OH is 4. The van der Waals surface area contributed by atoms with E-state index in [-0.39, 0.29) is 26.4 Å². The molecule has 0 atom stereocenters. The van der Waals surface area contributed by atoms with E-state index >= 15 is 0 Å². The van der Waals surface area contributed by atoms with Gasteiger partial charge in [0.2, 0.25) is 0 Å². The second kappa shape index (κ2) is 9.43. The van der Waals surface area contributed by atoms with Gasteiger partial charge in [-0.3, -0.25) is 0 Å². The lowest BCUT2D eigenvalue weighted by Crippen LogP contribution is -1.95. The molecule has 4 aromatic rings. The first-order chi connectivity index (χ1) is 15.7. The smallest absolute Gasteiger partial charge is 0.104 e. The highest BCUT2D eigenvalue weighted by atomic mass is 16.3. The lowest BCUT2D eigenvalue weighted by Gasteiger charge is -2.16. The van der Waals surface area contributed by atoms with Gasteiger partial charge in [0.1, 0.15) is 26.4 Å². The molecule has 4 nitrogen and oxygen atoms in total. The van der Waals surface area contributed by atoms with Crippen molar-refractivity contribution in [3.05, 3.63) is 58.7 Å². The summed E-state index contributed by atoms with van der Waals surface area (Å²) in [6.07, 6.45) is 0. The minimum atomic E-state index is -0.262. The Labute approximate surface area is 185 Å². The Morgan fingerprint density at radius 2 is 0.688 bits per heavy atom. The molecule has 0 aliphatic heterocycles. The van der Waals surface area contributed by atoms with Gasteiger partial charge in [-0.15, -0.1) is 0 Å². The van der Waals surface area contributed by atoms with E-state index in [9.17, 15) is 20.4 Å². The van der Waals surface area contributed by atoms with E-state index in [2.05, 4.69) is 47.4 Å². The van der Waals surface area contributed by atoms with Crippen molar-refractivity contribution >= 4 is 32.3 Å². The van der Waals surface area contributed by atoms with E-state index in [1.165, 1.54) is 0 Å². The van der Waals surface area contributed by atoms with Crippen molar-refractivity contribution in [2.45, 2.75) is 0 Å². The Hall–Kier alpha value is -4.00. The number of aliphatic hydroxyl groups is 4. The molecule has 0 saturated heterocycles. The second-order valence-electron chi connectivity index (χ2n) is 6.85. The van der Waals surface area contributed by atoms with Gasteiger partial charge in [-0.2, -0.15) is 0 Å². The number of hydrogen-bond acceptors (Lipinski definition) is 4. The highest BCUT2D eigenvalue weighted by molar-refractivity contribution is 6.26. The maximum atomic E-state index is 9.21.